The molecule has 0 saturated carbocycles. The van der Waals surface area contributed by atoms with Gasteiger partial charge in [0.05, 0.1) is 4.91 Å². The summed E-state index contributed by atoms with van der Waals surface area (Å²) < 4.78 is 0. The van der Waals surface area contributed by atoms with Gasteiger partial charge in [-0.05, 0) is 46.2 Å². The van der Waals surface area contributed by atoms with Gasteiger partial charge in [0.15, 0.2) is 0 Å². The highest BCUT2D eigenvalue weighted by atomic mass is 32.2. The second kappa shape index (κ2) is 7.45. The molecule has 0 aliphatic carbocycles. The van der Waals surface area contributed by atoms with Crippen molar-refractivity contribution < 1.29 is 19.5 Å². The van der Waals surface area contributed by atoms with Crippen molar-refractivity contribution in [3.63, 3.8) is 0 Å². The van der Waals surface area contributed by atoms with Crippen molar-refractivity contribution in [2.75, 3.05) is 7.05 Å². The fourth-order valence-corrected chi connectivity index (χ4v) is 3.22. The molecule has 3 rings (SSSR count). The molecule has 1 heterocycles. The van der Waals surface area contributed by atoms with Crippen molar-refractivity contribution in [3.8, 4) is 11.1 Å². The molecule has 7 heteroatoms. The third-order valence-corrected chi connectivity index (χ3v) is 4.67. The Bertz CT molecular complexity index is 906. The van der Waals surface area contributed by atoms with Crippen LogP contribution in [0.15, 0.2) is 53.4 Å². The number of rotatable bonds is 4. The van der Waals surface area contributed by atoms with E-state index in [9.17, 15) is 14.4 Å². The Kier molecular flexibility index (Phi) is 5.09. The Balaban J connectivity index is 1.79. The summed E-state index contributed by atoms with van der Waals surface area (Å²) in [6.45, 7) is 0.313. The fourth-order valence-electron chi connectivity index (χ4n) is 2.53. The van der Waals surface area contributed by atoms with Crippen LogP contribution in [-0.4, -0.2) is 34.3 Å². The summed E-state index contributed by atoms with van der Waals surface area (Å²) in [5.41, 5.74) is 3.68. The van der Waals surface area contributed by atoms with Crippen molar-refractivity contribution in [1.29, 1.82) is 0 Å². The van der Waals surface area contributed by atoms with E-state index < -0.39 is 6.09 Å². The van der Waals surface area contributed by atoms with E-state index in [2.05, 4.69) is 5.32 Å². The molecule has 2 aromatic carbocycles. The SMILES string of the molecule is CN(Cc1cccc(-c2ccc(/C=C3/SC(=O)NC3=O)cc2)c1)C(=O)O. The molecule has 1 fully saturated rings. The second-order valence-corrected chi connectivity index (χ2v) is 6.83. The Hall–Kier alpha value is -3.06. The van der Waals surface area contributed by atoms with Crippen LogP contribution in [0.25, 0.3) is 17.2 Å². The molecule has 0 bridgehead atoms. The highest BCUT2D eigenvalue weighted by molar-refractivity contribution is 8.18. The van der Waals surface area contributed by atoms with Crippen molar-refractivity contribution in [3.05, 3.63) is 64.6 Å². The number of amides is 3. The van der Waals surface area contributed by atoms with Crippen LogP contribution in [0.2, 0.25) is 0 Å². The Labute approximate surface area is 154 Å². The molecule has 0 aromatic heterocycles. The molecule has 1 saturated heterocycles. The molecule has 0 unspecified atom stereocenters. The highest BCUT2D eigenvalue weighted by Crippen LogP contribution is 2.27. The van der Waals surface area contributed by atoms with Crippen LogP contribution in [0.3, 0.4) is 0 Å². The van der Waals surface area contributed by atoms with Gasteiger partial charge in [0.25, 0.3) is 11.1 Å². The average molecular weight is 368 g/mol. The van der Waals surface area contributed by atoms with Gasteiger partial charge in [0, 0.05) is 13.6 Å². The average Bonchev–Trinajstić information content (AvgIpc) is 2.93. The van der Waals surface area contributed by atoms with E-state index >= 15 is 0 Å². The Morgan fingerprint density at radius 3 is 2.50 bits per heavy atom. The van der Waals surface area contributed by atoms with Crippen LogP contribution >= 0.6 is 11.8 Å². The zero-order valence-electron chi connectivity index (χ0n) is 13.9. The van der Waals surface area contributed by atoms with Crippen molar-refractivity contribution in [2.45, 2.75) is 6.54 Å². The number of nitrogens with zero attached hydrogens (tertiary/aromatic N) is 1. The summed E-state index contributed by atoms with van der Waals surface area (Å²) in [5.74, 6) is -0.376. The third-order valence-electron chi connectivity index (χ3n) is 3.86. The summed E-state index contributed by atoms with van der Waals surface area (Å²) in [6, 6.07) is 15.3. The highest BCUT2D eigenvalue weighted by Gasteiger charge is 2.24. The van der Waals surface area contributed by atoms with E-state index in [1.807, 2.05) is 48.5 Å². The molecule has 1 aliphatic rings. The molecular formula is C19H16N2O4S. The zero-order chi connectivity index (χ0) is 18.7. The van der Waals surface area contributed by atoms with Gasteiger partial charge in [-0.1, -0.05) is 42.5 Å². The van der Waals surface area contributed by atoms with E-state index in [4.69, 9.17) is 5.11 Å². The smallest absolute Gasteiger partial charge is 0.407 e. The lowest BCUT2D eigenvalue weighted by molar-refractivity contribution is -0.115. The number of carboxylic acid groups (broad SMARTS) is 1. The predicted octanol–water partition coefficient (Wildman–Crippen LogP) is 3.79. The standard InChI is InChI=1S/C19H16N2O4S/c1-21(19(24)25)11-13-3-2-4-15(9-13)14-7-5-12(6-8-14)10-16-17(22)20-18(23)26-16/h2-10H,11H2,1H3,(H,24,25)(H,20,22,23)/b16-10+. The van der Waals surface area contributed by atoms with E-state index in [1.54, 1.807) is 6.08 Å². The minimum Gasteiger partial charge on any atom is -0.465 e. The summed E-state index contributed by atoms with van der Waals surface area (Å²) >= 11 is 0.888. The van der Waals surface area contributed by atoms with Gasteiger partial charge in [0.2, 0.25) is 0 Å². The zero-order valence-corrected chi connectivity index (χ0v) is 14.7. The van der Waals surface area contributed by atoms with Crippen LogP contribution in [0.4, 0.5) is 9.59 Å². The Morgan fingerprint density at radius 2 is 1.88 bits per heavy atom. The summed E-state index contributed by atoms with van der Waals surface area (Å²) in [6.07, 6.45) is 0.701. The number of carbonyl (C=O) groups is 3. The second-order valence-electron chi connectivity index (χ2n) is 5.81. The number of hydrogen-bond acceptors (Lipinski definition) is 4. The Morgan fingerprint density at radius 1 is 1.15 bits per heavy atom. The van der Waals surface area contributed by atoms with Gasteiger partial charge in [0.1, 0.15) is 0 Å². The minimum absolute atomic E-state index is 0.313. The van der Waals surface area contributed by atoms with Crippen LogP contribution in [0.1, 0.15) is 11.1 Å². The largest absolute Gasteiger partial charge is 0.465 e. The van der Waals surface area contributed by atoms with Gasteiger partial charge in [-0.2, -0.15) is 0 Å². The van der Waals surface area contributed by atoms with Crippen molar-refractivity contribution >= 4 is 35.1 Å². The van der Waals surface area contributed by atoms with Crippen LogP contribution in [0.5, 0.6) is 0 Å². The van der Waals surface area contributed by atoms with E-state index in [0.717, 1.165) is 34.0 Å². The molecule has 6 nitrogen and oxygen atoms in total. The van der Waals surface area contributed by atoms with E-state index in [1.165, 1.54) is 11.9 Å². The number of nitrogens with one attached hydrogen (secondary N) is 1. The van der Waals surface area contributed by atoms with Gasteiger partial charge in [-0.3, -0.25) is 14.9 Å². The molecule has 3 amide bonds. The van der Waals surface area contributed by atoms with Crippen molar-refractivity contribution in [1.82, 2.24) is 10.2 Å². The number of hydrogen-bond donors (Lipinski definition) is 2. The van der Waals surface area contributed by atoms with Gasteiger partial charge in [-0.25, -0.2) is 4.79 Å². The topological polar surface area (TPSA) is 86.7 Å². The molecule has 0 radical (unpaired) electrons. The first-order valence-electron chi connectivity index (χ1n) is 7.80. The minimum atomic E-state index is -0.972. The van der Waals surface area contributed by atoms with Crippen LogP contribution in [-0.2, 0) is 11.3 Å². The molecule has 2 N–H and O–H groups in total. The van der Waals surface area contributed by atoms with E-state index in [0.29, 0.717) is 11.4 Å². The first-order chi connectivity index (χ1) is 12.4. The number of benzene rings is 2. The number of thioether (sulfide) groups is 1. The third kappa shape index (κ3) is 4.12. The molecule has 0 atom stereocenters. The van der Waals surface area contributed by atoms with Gasteiger partial charge in [-0.15, -0.1) is 0 Å². The van der Waals surface area contributed by atoms with Crippen molar-refractivity contribution in [2.24, 2.45) is 0 Å². The molecule has 2 aromatic rings. The molecule has 1 aliphatic heterocycles. The lowest BCUT2D eigenvalue weighted by Gasteiger charge is -2.13. The van der Waals surface area contributed by atoms with E-state index in [-0.39, 0.29) is 11.1 Å². The summed E-state index contributed by atoms with van der Waals surface area (Å²) in [7, 11) is 1.53. The fraction of sp³-hybridized carbons (Fsp3) is 0.105. The maximum Gasteiger partial charge on any atom is 0.407 e. The molecule has 132 valence electrons. The quantitative estimate of drug-likeness (QED) is 0.802. The summed E-state index contributed by atoms with van der Waals surface area (Å²) in [4.78, 5) is 35.3. The predicted molar refractivity (Wildman–Crippen MR) is 100 cm³/mol. The number of carbonyl (C=O) groups excluding carboxylic acids is 2. The lowest BCUT2D eigenvalue weighted by atomic mass is 10.0. The maximum atomic E-state index is 11.6. The van der Waals surface area contributed by atoms with Crippen LogP contribution in [0, 0.1) is 0 Å². The summed E-state index contributed by atoms with van der Waals surface area (Å²) in [5, 5.41) is 10.8. The maximum absolute atomic E-state index is 11.6. The monoisotopic (exact) mass is 368 g/mol. The van der Waals surface area contributed by atoms with Gasteiger partial charge >= 0.3 is 6.09 Å². The normalized spacial score (nSPS) is 15.2. The van der Waals surface area contributed by atoms with Crippen LogP contribution < -0.4 is 5.32 Å². The molecule has 0 spiro atoms. The number of imide groups is 1. The lowest BCUT2D eigenvalue weighted by Crippen LogP contribution is -2.23. The van der Waals surface area contributed by atoms with Gasteiger partial charge < -0.3 is 10.0 Å². The first kappa shape index (κ1) is 17.8. The molecular weight excluding hydrogens is 352 g/mol. The first-order valence-corrected chi connectivity index (χ1v) is 8.62. The molecule has 26 heavy (non-hydrogen) atoms.